The molecule has 1 fully saturated rings. The number of nitrogen functional groups attached to an aromatic ring is 1. The maximum absolute atomic E-state index is 10.0. The number of ether oxygens (including phenoxy) is 1. The van der Waals surface area contributed by atoms with Crippen LogP contribution in [0.15, 0.2) is 18.2 Å². The van der Waals surface area contributed by atoms with E-state index in [1.54, 1.807) is 0 Å². The van der Waals surface area contributed by atoms with Gasteiger partial charge in [-0.2, -0.15) is 13.2 Å². The van der Waals surface area contributed by atoms with Crippen molar-refractivity contribution in [2.75, 3.05) is 25.4 Å². The molecule has 0 bridgehead atoms. The van der Waals surface area contributed by atoms with E-state index in [0.29, 0.717) is 0 Å². The number of rotatable bonds is 0. The van der Waals surface area contributed by atoms with Crippen LogP contribution in [0.25, 0.3) is 0 Å². The molecule has 3 rings (SSSR count). The highest BCUT2D eigenvalue weighted by molar-refractivity contribution is 5.75. The first-order valence-electron chi connectivity index (χ1n) is 5.94. The van der Waals surface area contributed by atoms with Gasteiger partial charge in [0.25, 0.3) is 0 Å². The SMILES string of the molecule is FC(F)F.Nc1ccc2c(c1)OCC2.O=C1NCCN1. The fourth-order valence-electron chi connectivity index (χ4n) is 1.60. The van der Waals surface area contributed by atoms with Gasteiger partial charge in [0.2, 0.25) is 0 Å². The Morgan fingerprint density at radius 2 is 1.80 bits per heavy atom. The summed E-state index contributed by atoms with van der Waals surface area (Å²) in [7, 11) is 0. The van der Waals surface area contributed by atoms with E-state index in [-0.39, 0.29) is 6.03 Å². The summed E-state index contributed by atoms with van der Waals surface area (Å²) in [6.45, 7) is -1.31. The van der Waals surface area contributed by atoms with Gasteiger partial charge in [-0.1, -0.05) is 6.07 Å². The molecule has 8 heteroatoms. The largest absolute Gasteiger partial charge is 0.493 e. The Hall–Kier alpha value is -2.12. The molecular formula is C12H16F3N3O2. The zero-order chi connectivity index (χ0) is 15.0. The van der Waals surface area contributed by atoms with Crippen molar-refractivity contribution in [2.45, 2.75) is 13.1 Å². The standard InChI is InChI=1S/C8H9NO.C3H6N2O.CHF3/c9-7-2-1-6-3-4-10-8(6)5-7;6-3-4-1-2-5-3;2-1(3)4/h1-2,5H,3-4,9H2;1-2H2,(H2,4,5,6);1H. The van der Waals surface area contributed by atoms with Gasteiger partial charge in [-0.25, -0.2) is 4.79 Å². The molecule has 0 saturated carbocycles. The lowest BCUT2D eigenvalue weighted by Crippen LogP contribution is -2.20. The fraction of sp³-hybridized carbons (Fsp3) is 0.417. The number of fused-ring (bicyclic) bond motifs is 1. The van der Waals surface area contributed by atoms with Gasteiger partial charge in [-0.3, -0.25) is 0 Å². The van der Waals surface area contributed by atoms with E-state index in [0.717, 1.165) is 37.6 Å². The van der Waals surface area contributed by atoms with Crippen LogP contribution in [0.2, 0.25) is 0 Å². The summed E-state index contributed by atoms with van der Waals surface area (Å²) in [5, 5.41) is 5.14. The molecule has 0 atom stereocenters. The second kappa shape index (κ2) is 8.13. The van der Waals surface area contributed by atoms with E-state index in [4.69, 9.17) is 10.5 Å². The third kappa shape index (κ3) is 6.17. The summed E-state index contributed by atoms with van der Waals surface area (Å²) in [4.78, 5) is 10.0. The Morgan fingerprint density at radius 3 is 2.30 bits per heavy atom. The van der Waals surface area contributed by atoms with Crippen molar-refractivity contribution in [3.05, 3.63) is 23.8 Å². The number of nitrogens with two attached hydrogens (primary N) is 1. The van der Waals surface area contributed by atoms with E-state index in [1.807, 2.05) is 18.2 Å². The van der Waals surface area contributed by atoms with Crippen LogP contribution >= 0.6 is 0 Å². The van der Waals surface area contributed by atoms with Crippen LogP contribution in [0, 0.1) is 0 Å². The van der Waals surface area contributed by atoms with Crippen molar-refractivity contribution in [1.29, 1.82) is 0 Å². The number of hydrogen-bond donors (Lipinski definition) is 3. The summed E-state index contributed by atoms with van der Waals surface area (Å²) in [6.07, 6.45) is 1.02. The van der Waals surface area contributed by atoms with Crippen molar-refractivity contribution in [3.8, 4) is 5.75 Å². The molecule has 1 saturated heterocycles. The number of amides is 2. The van der Waals surface area contributed by atoms with Crippen LogP contribution < -0.4 is 21.1 Å². The highest BCUT2D eigenvalue weighted by Gasteiger charge is 2.10. The Labute approximate surface area is 114 Å². The third-order valence-electron chi connectivity index (χ3n) is 2.42. The third-order valence-corrected chi connectivity index (χ3v) is 2.42. The molecule has 4 N–H and O–H groups in total. The summed E-state index contributed by atoms with van der Waals surface area (Å²) in [6, 6.07) is 5.77. The number of alkyl halides is 3. The number of anilines is 1. The average Bonchev–Trinajstić information content (AvgIpc) is 2.99. The Bertz CT molecular complexity index is 433. The first kappa shape index (κ1) is 15.9. The number of halogens is 3. The monoisotopic (exact) mass is 291 g/mol. The summed E-state index contributed by atoms with van der Waals surface area (Å²) >= 11 is 0. The molecule has 1 aromatic rings. The zero-order valence-corrected chi connectivity index (χ0v) is 10.7. The van der Waals surface area contributed by atoms with Crippen LogP contribution in [-0.4, -0.2) is 32.4 Å². The predicted molar refractivity (Wildman–Crippen MR) is 68.6 cm³/mol. The fourth-order valence-corrected chi connectivity index (χ4v) is 1.60. The molecule has 2 aliphatic rings. The summed E-state index contributed by atoms with van der Waals surface area (Å²) in [5.74, 6) is 0.958. The van der Waals surface area contributed by atoms with Crippen molar-refractivity contribution in [3.63, 3.8) is 0 Å². The molecular weight excluding hydrogens is 275 g/mol. The smallest absolute Gasteiger partial charge is 0.379 e. The van der Waals surface area contributed by atoms with Crippen molar-refractivity contribution in [2.24, 2.45) is 0 Å². The van der Waals surface area contributed by atoms with Gasteiger partial charge >= 0.3 is 12.7 Å². The molecule has 20 heavy (non-hydrogen) atoms. The molecule has 5 nitrogen and oxygen atoms in total. The maximum Gasteiger partial charge on any atom is 0.379 e. The van der Waals surface area contributed by atoms with E-state index in [9.17, 15) is 18.0 Å². The van der Waals surface area contributed by atoms with Crippen molar-refractivity contribution in [1.82, 2.24) is 10.6 Å². The zero-order valence-electron chi connectivity index (χ0n) is 10.7. The molecule has 0 aliphatic carbocycles. The Balaban J connectivity index is 0.000000172. The highest BCUT2D eigenvalue weighted by Crippen LogP contribution is 2.26. The lowest BCUT2D eigenvalue weighted by atomic mass is 10.1. The number of hydrogen-bond acceptors (Lipinski definition) is 3. The molecule has 0 radical (unpaired) electrons. The molecule has 0 spiro atoms. The molecule has 112 valence electrons. The van der Waals surface area contributed by atoms with Crippen LogP contribution in [0.4, 0.5) is 23.7 Å². The quantitative estimate of drug-likeness (QED) is 0.637. The number of nitrogens with one attached hydrogen (secondary N) is 2. The van der Waals surface area contributed by atoms with Crippen molar-refractivity contribution < 1.29 is 22.7 Å². The molecule has 2 heterocycles. The van der Waals surface area contributed by atoms with E-state index < -0.39 is 6.68 Å². The van der Waals surface area contributed by atoms with Crippen LogP contribution in [0.5, 0.6) is 5.75 Å². The van der Waals surface area contributed by atoms with Gasteiger partial charge in [-0.15, -0.1) is 0 Å². The first-order valence-corrected chi connectivity index (χ1v) is 5.94. The summed E-state index contributed by atoms with van der Waals surface area (Å²) < 4.78 is 34.3. The van der Waals surface area contributed by atoms with Gasteiger partial charge in [0.15, 0.2) is 0 Å². The van der Waals surface area contributed by atoms with E-state index in [1.165, 1.54) is 5.56 Å². The molecule has 0 unspecified atom stereocenters. The van der Waals surface area contributed by atoms with Crippen molar-refractivity contribution >= 4 is 11.7 Å². The van der Waals surface area contributed by atoms with Crippen LogP contribution in [0.3, 0.4) is 0 Å². The lowest BCUT2D eigenvalue weighted by molar-refractivity contribution is 0.00819. The molecule has 0 aromatic heterocycles. The highest BCUT2D eigenvalue weighted by atomic mass is 19.4. The Morgan fingerprint density at radius 1 is 1.20 bits per heavy atom. The van der Waals surface area contributed by atoms with Gasteiger partial charge < -0.3 is 21.1 Å². The predicted octanol–water partition coefficient (Wildman–Crippen LogP) is 1.68. The van der Waals surface area contributed by atoms with Gasteiger partial charge in [-0.05, 0) is 11.6 Å². The van der Waals surface area contributed by atoms with Gasteiger partial charge in [0, 0.05) is 31.3 Å². The minimum atomic E-state index is -3.67. The number of carbonyl (C=O) groups excluding carboxylic acids is 1. The summed E-state index contributed by atoms with van der Waals surface area (Å²) in [5.41, 5.74) is 7.60. The first-order chi connectivity index (χ1) is 9.49. The Kier molecular flexibility index (Phi) is 6.48. The second-order valence-corrected chi connectivity index (χ2v) is 3.90. The maximum atomic E-state index is 10.0. The molecule has 2 aliphatic heterocycles. The van der Waals surface area contributed by atoms with Crippen LogP contribution in [-0.2, 0) is 6.42 Å². The van der Waals surface area contributed by atoms with E-state index >= 15 is 0 Å². The topological polar surface area (TPSA) is 76.4 Å². The molecule has 2 amide bonds. The number of benzene rings is 1. The van der Waals surface area contributed by atoms with Gasteiger partial charge in [0.05, 0.1) is 6.61 Å². The second-order valence-electron chi connectivity index (χ2n) is 3.90. The van der Waals surface area contributed by atoms with E-state index in [2.05, 4.69) is 10.6 Å². The minimum absolute atomic E-state index is 0.0463. The van der Waals surface area contributed by atoms with Crippen LogP contribution in [0.1, 0.15) is 5.56 Å². The minimum Gasteiger partial charge on any atom is -0.493 e. The average molecular weight is 291 g/mol. The number of urea groups is 1. The number of carbonyl (C=O) groups is 1. The normalized spacial score (nSPS) is 14.9. The molecule has 1 aromatic carbocycles. The van der Waals surface area contributed by atoms with Gasteiger partial charge in [0.1, 0.15) is 5.75 Å². The lowest BCUT2D eigenvalue weighted by Gasteiger charge is -1.98.